The van der Waals surface area contributed by atoms with Crippen molar-refractivity contribution in [3.63, 3.8) is 0 Å². The van der Waals surface area contributed by atoms with Gasteiger partial charge in [0.25, 0.3) is 5.56 Å². The summed E-state index contributed by atoms with van der Waals surface area (Å²) in [5.41, 5.74) is 1.30. The fourth-order valence-electron chi connectivity index (χ4n) is 3.40. The number of amides is 1. The molecule has 28 heavy (non-hydrogen) atoms. The average molecular weight is 398 g/mol. The van der Waals surface area contributed by atoms with Gasteiger partial charge >= 0.3 is 0 Å². The second-order valence-electron chi connectivity index (χ2n) is 6.85. The molecule has 4 rings (SSSR count). The maximum Gasteiger partial charge on any atom is 0.291 e. The number of furan rings is 1. The molecule has 1 amide bonds. The van der Waals surface area contributed by atoms with Gasteiger partial charge in [-0.15, -0.1) is 11.3 Å². The summed E-state index contributed by atoms with van der Waals surface area (Å²) in [5, 5.41) is 9.39. The van der Waals surface area contributed by atoms with Crippen molar-refractivity contribution >= 4 is 33.0 Å². The Labute approximate surface area is 165 Å². The minimum atomic E-state index is -0.251. The molecule has 0 aliphatic heterocycles. The monoisotopic (exact) mass is 398 g/mol. The van der Waals surface area contributed by atoms with E-state index in [-0.39, 0.29) is 24.1 Å². The quantitative estimate of drug-likeness (QED) is 0.519. The summed E-state index contributed by atoms with van der Waals surface area (Å²) >= 11 is 1.59. The van der Waals surface area contributed by atoms with Crippen molar-refractivity contribution in [2.75, 3.05) is 0 Å². The Hall–Kier alpha value is -2.87. The standard InChI is InChI=1S/C20H22N4O3S/c1-3-18-22-23(20(26)16-11-17-15(24(16)18)8-10-28-17)12-19(25)21-13(2)6-7-14-5-4-9-27-14/h4-5,8-11,13H,3,6-7,12H2,1-2H3,(H,21,25). The van der Waals surface area contributed by atoms with Crippen LogP contribution in [-0.4, -0.2) is 26.1 Å². The number of nitrogens with one attached hydrogen (secondary N) is 1. The number of thiophene rings is 1. The maximum absolute atomic E-state index is 12.9. The Morgan fingerprint density at radius 3 is 2.96 bits per heavy atom. The predicted molar refractivity (Wildman–Crippen MR) is 109 cm³/mol. The van der Waals surface area contributed by atoms with Gasteiger partial charge in [-0.3, -0.25) is 14.0 Å². The van der Waals surface area contributed by atoms with Crippen molar-refractivity contribution in [1.29, 1.82) is 0 Å². The van der Waals surface area contributed by atoms with Crippen LogP contribution in [0.1, 0.15) is 31.9 Å². The van der Waals surface area contributed by atoms with Gasteiger partial charge in [0.05, 0.1) is 16.5 Å². The fourth-order valence-corrected chi connectivity index (χ4v) is 4.20. The third-order valence-electron chi connectivity index (χ3n) is 4.79. The number of rotatable bonds is 7. The molecule has 1 N–H and O–H groups in total. The molecule has 0 saturated heterocycles. The summed E-state index contributed by atoms with van der Waals surface area (Å²) < 4.78 is 9.53. The van der Waals surface area contributed by atoms with E-state index in [1.807, 2.05) is 47.9 Å². The molecule has 146 valence electrons. The third-order valence-corrected chi connectivity index (χ3v) is 5.64. The number of hydrogen-bond donors (Lipinski definition) is 1. The van der Waals surface area contributed by atoms with Crippen LogP contribution in [0.2, 0.25) is 0 Å². The highest BCUT2D eigenvalue weighted by molar-refractivity contribution is 7.17. The average Bonchev–Trinajstić information content (AvgIpc) is 3.39. The van der Waals surface area contributed by atoms with Crippen molar-refractivity contribution < 1.29 is 9.21 Å². The number of fused-ring (bicyclic) bond motifs is 3. The van der Waals surface area contributed by atoms with E-state index >= 15 is 0 Å². The van der Waals surface area contributed by atoms with Gasteiger partial charge in [-0.2, -0.15) is 5.10 Å². The topological polar surface area (TPSA) is 81.5 Å². The van der Waals surface area contributed by atoms with E-state index in [1.54, 1.807) is 17.6 Å². The lowest BCUT2D eigenvalue weighted by atomic mass is 10.1. The zero-order chi connectivity index (χ0) is 19.7. The maximum atomic E-state index is 12.9. The Balaban J connectivity index is 1.51. The molecular formula is C20H22N4O3S. The Morgan fingerprint density at radius 1 is 1.36 bits per heavy atom. The first-order valence-electron chi connectivity index (χ1n) is 9.37. The van der Waals surface area contributed by atoms with Crippen LogP contribution in [0, 0.1) is 0 Å². The third kappa shape index (κ3) is 3.47. The second kappa shape index (κ2) is 7.63. The molecule has 0 saturated carbocycles. The number of carbonyl (C=O) groups is 1. The highest BCUT2D eigenvalue weighted by Gasteiger charge is 2.16. The predicted octanol–water partition coefficient (Wildman–Crippen LogP) is 3.00. The van der Waals surface area contributed by atoms with Crippen LogP contribution in [0.25, 0.3) is 15.7 Å². The summed E-state index contributed by atoms with van der Waals surface area (Å²) in [6.07, 6.45) is 3.82. The molecule has 0 spiro atoms. The Morgan fingerprint density at radius 2 is 2.21 bits per heavy atom. The molecule has 4 aromatic heterocycles. The van der Waals surface area contributed by atoms with Gasteiger partial charge in [0.15, 0.2) is 0 Å². The van der Waals surface area contributed by atoms with Crippen LogP contribution in [0.5, 0.6) is 0 Å². The van der Waals surface area contributed by atoms with Gasteiger partial charge in [0.2, 0.25) is 5.91 Å². The van der Waals surface area contributed by atoms with E-state index in [0.717, 1.165) is 34.6 Å². The van der Waals surface area contributed by atoms with E-state index in [9.17, 15) is 9.59 Å². The molecule has 0 aliphatic rings. The summed E-state index contributed by atoms with van der Waals surface area (Å²) in [6, 6.07) is 7.61. The van der Waals surface area contributed by atoms with Crippen molar-refractivity contribution in [3.05, 3.63) is 57.8 Å². The molecule has 0 fully saturated rings. The van der Waals surface area contributed by atoms with Gasteiger partial charge in [0.1, 0.15) is 23.6 Å². The molecule has 0 radical (unpaired) electrons. The zero-order valence-corrected chi connectivity index (χ0v) is 16.7. The summed E-state index contributed by atoms with van der Waals surface area (Å²) in [6.45, 7) is 3.84. The molecule has 4 heterocycles. The Bertz CT molecular complexity index is 1170. The zero-order valence-electron chi connectivity index (χ0n) is 15.8. The normalized spacial score (nSPS) is 12.6. The largest absolute Gasteiger partial charge is 0.469 e. The lowest BCUT2D eigenvalue weighted by molar-refractivity contribution is -0.122. The number of nitrogens with zero attached hydrogens (tertiary/aromatic N) is 3. The molecule has 4 aromatic rings. The highest BCUT2D eigenvalue weighted by atomic mass is 32.1. The van der Waals surface area contributed by atoms with Crippen LogP contribution < -0.4 is 10.9 Å². The summed E-state index contributed by atoms with van der Waals surface area (Å²) in [7, 11) is 0. The minimum absolute atomic E-state index is 0.0266. The van der Waals surface area contributed by atoms with Crippen molar-refractivity contribution in [1.82, 2.24) is 19.5 Å². The van der Waals surface area contributed by atoms with Crippen LogP contribution in [-0.2, 0) is 24.2 Å². The minimum Gasteiger partial charge on any atom is -0.469 e. The van der Waals surface area contributed by atoms with Crippen LogP contribution in [0.15, 0.2) is 45.1 Å². The first kappa shape index (κ1) is 18.5. The molecule has 0 aromatic carbocycles. The Kier molecular flexibility index (Phi) is 5.04. The van der Waals surface area contributed by atoms with Gasteiger partial charge in [-0.05, 0) is 43.0 Å². The molecular weight excluding hydrogens is 376 g/mol. The van der Waals surface area contributed by atoms with Gasteiger partial charge in [0, 0.05) is 18.9 Å². The highest BCUT2D eigenvalue weighted by Crippen LogP contribution is 2.24. The van der Waals surface area contributed by atoms with E-state index in [4.69, 9.17) is 4.42 Å². The van der Waals surface area contributed by atoms with E-state index in [2.05, 4.69) is 10.4 Å². The van der Waals surface area contributed by atoms with Crippen molar-refractivity contribution in [3.8, 4) is 0 Å². The summed E-state index contributed by atoms with van der Waals surface area (Å²) in [5.74, 6) is 1.44. The first-order chi connectivity index (χ1) is 13.6. The van der Waals surface area contributed by atoms with Crippen LogP contribution in [0.3, 0.4) is 0 Å². The van der Waals surface area contributed by atoms with Gasteiger partial charge in [-0.1, -0.05) is 6.92 Å². The molecule has 0 aliphatic carbocycles. The molecule has 1 unspecified atom stereocenters. The number of hydrogen-bond acceptors (Lipinski definition) is 5. The van der Waals surface area contributed by atoms with Crippen LogP contribution in [0.4, 0.5) is 0 Å². The number of aryl methyl sites for hydroxylation is 2. The first-order valence-corrected chi connectivity index (χ1v) is 10.2. The number of carbonyl (C=O) groups excluding carboxylic acids is 1. The molecule has 8 heteroatoms. The molecule has 1 atom stereocenters. The van der Waals surface area contributed by atoms with Crippen molar-refractivity contribution in [2.24, 2.45) is 0 Å². The van der Waals surface area contributed by atoms with Crippen LogP contribution >= 0.6 is 11.3 Å². The van der Waals surface area contributed by atoms with Crippen molar-refractivity contribution in [2.45, 2.75) is 45.7 Å². The summed E-state index contributed by atoms with van der Waals surface area (Å²) in [4.78, 5) is 25.3. The van der Waals surface area contributed by atoms with E-state index in [0.29, 0.717) is 11.9 Å². The lowest BCUT2D eigenvalue weighted by Gasteiger charge is -2.14. The SMILES string of the molecule is CCc1nn(CC(=O)NC(C)CCc2ccco2)c(=O)c2cc3sccc3n12. The van der Waals surface area contributed by atoms with E-state index < -0.39 is 0 Å². The number of aromatic nitrogens is 3. The van der Waals surface area contributed by atoms with Gasteiger partial charge in [-0.25, -0.2) is 4.68 Å². The lowest BCUT2D eigenvalue weighted by Crippen LogP contribution is -2.39. The van der Waals surface area contributed by atoms with E-state index in [1.165, 1.54) is 4.68 Å². The second-order valence-corrected chi connectivity index (χ2v) is 7.80. The molecule has 7 nitrogen and oxygen atoms in total. The molecule has 0 bridgehead atoms. The fraction of sp³-hybridized carbons (Fsp3) is 0.350. The smallest absolute Gasteiger partial charge is 0.291 e. The van der Waals surface area contributed by atoms with Gasteiger partial charge < -0.3 is 9.73 Å².